The molecule has 1 aromatic carbocycles. The predicted octanol–water partition coefficient (Wildman–Crippen LogP) is 4.19. The van der Waals surface area contributed by atoms with E-state index in [1.165, 1.54) is 19.1 Å². The second-order valence-corrected chi connectivity index (χ2v) is 7.35. The van der Waals surface area contributed by atoms with E-state index in [1.54, 1.807) is 18.2 Å². The number of aromatic nitrogens is 4. The van der Waals surface area contributed by atoms with E-state index in [1.807, 2.05) is 0 Å². The summed E-state index contributed by atoms with van der Waals surface area (Å²) in [7, 11) is 0. The number of nitrogens with zero attached hydrogens (tertiary/aromatic N) is 3. The van der Waals surface area contributed by atoms with Crippen LogP contribution in [0.5, 0.6) is 0 Å². The van der Waals surface area contributed by atoms with Gasteiger partial charge in [0.2, 0.25) is 5.89 Å². The minimum Gasteiger partial charge on any atom is -0.440 e. The van der Waals surface area contributed by atoms with E-state index < -0.39 is 17.4 Å². The van der Waals surface area contributed by atoms with Crippen molar-refractivity contribution in [3.63, 3.8) is 0 Å². The summed E-state index contributed by atoms with van der Waals surface area (Å²) in [6.07, 6.45) is -3.32. The molecule has 0 aliphatic heterocycles. The van der Waals surface area contributed by atoms with Crippen LogP contribution in [0.2, 0.25) is 0 Å². The van der Waals surface area contributed by atoms with Crippen LogP contribution in [-0.2, 0) is 12.6 Å². The Bertz CT molecular complexity index is 1400. The number of carbonyl (C=O) groups excluding carboxylic acids is 1. The molecule has 0 fully saturated rings. The Morgan fingerprint density at radius 1 is 1.10 bits per heavy atom. The van der Waals surface area contributed by atoms with Crippen LogP contribution in [0.15, 0.2) is 39.5 Å². The molecular formula is C21H15F3N4O3. The number of nitrogens with one attached hydrogen (secondary N) is 1. The Balaban J connectivity index is 1.80. The zero-order valence-electron chi connectivity index (χ0n) is 16.2. The first-order chi connectivity index (χ1) is 14.8. The second kappa shape index (κ2) is 6.66. The van der Waals surface area contributed by atoms with Crippen molar-refractivity contribution in [3.8, 4) is 22.6 Å². The van der Waals surface area contributed by atoms with E-state index in [0.717, 1.165) is 0 Å². The Morgan fingerprint density at radius 2 is 1.84 bits per heavy atom. The number of aryl methyl sites for hydroxylation is 2. The van der Waals surface area contributed by atoms with Gasteiger partial charge in [0.1, 0.15) is 22.7 Å². The van der Waals surface area contributed by atoms with Crippen molar-refractivity contribution in [2.75, 3.05) is 0 Å². The third-order valence-electron chi connectivity index (χ3n) is 5.29. The zero-order chi connectivity index (χ0) is 21.9. The number of halogens is 3. The van der Waals surface area contributed by atoms with Gasteiger partial charge in [0.15, 0.2) is 11.5 Å². The van der Waals surface area contributed by atoms with E-state index >= 15 is 0 Å². The standard InChI is InChI=1S/C21H15F3N4O3/c1-10-14(19-26-16-12(29)8-5-9-13(16)31-19)20(30)28-18(25-10)15(11-6-3-2-4-7-11)17(27-28)21(22,23)24/h2-4,6-7,25H,5,8-9H2,1H3. The molecule has 0 atom stereocenters. The average molecular weight is 428 g/mol. The highest BCUT2D eigenvalue weighted by atomic mass is 19.4. The van der Waals surface area contributed by atoms with Gasteiger partial charge in [-0.2, -0.15) is 22.8 Å². The number of benzene rings is 1. The summed E-state index contributed by atoms with van der Waals surface area (Å²) in [5.74, 6) is 0.0917. The highest BCUT2D eigenvalue weighted by Crippen LogP contribution is 2.38. The van der Waals surface area contributed by atoms with Gasteiger partial charge in [-0.1, -0.05) is 30.3 Å². The lowest BCUT2D eigenvalue weighted by Crippen LogP contribution is -2.20. The maximum absolute atomic E-state index is 13.8. The van der Waals surface area contributed by atoms with Crippen molar-refractivity contribution in [2.24, 2.45) is 0 Å². The van der Waals surface area contributed by atoms with E-state index in [-0.39, 0.29) is 45.4 Å². The normalized spacial score (nSPS) is 14.3. The molecule has 7 nitrogen and oxygen atoms in total. The number of Topliss-reactive ketones (excluding diaryl/α,β-unsaturated/α-hetero) is 1. The molecule has 1 aliphatic carbocycles. The minimum atomic E-state index is -4.78. The number of hydrogen-bond donors (Lipinski definition) is 1. The van der Waals surface area contributed by atoms with Crippen LogP contribution in [0.25, 0.3) is 28.2 Å². The molecular weight excluding hydrogens is 413 g/mol. The van der Waals surface area contributed by atoms with Crippen molar-refractivity contribution in [1.29, 1.82) is 0 Å². The Labute approximate surface area is 172 Å². The molecule has 0 radical (unpaired) electrons. The lowest BCUT2D eigenvalue weighted by atomic mass is 10.0. The molecule has 4 aromatic rings. The first-order valence-electron chi connectivity index (χ1n) is 9.57. The van der Waals surface area contributed by atoms with Gasteiger partial charge in [0.05, 0.1) is 5.56 Å². The molecule has 0 spiro atoms. The van der Waals surface area contributed by atoms with Crippen LogP contribution in [0.1, 0.15) is 40.5 Å². The molecule has 3 heterocycles. The zero-order valence-corrected chi connectivity index (χ0v) is 16.2. The van der Waals surface area contributed by atoms with Gasteiger partial charge in [-0.05, 0) is 18.9 Å². The summed E-state index contributed by atoms with van der Waals surface area (Å²) in [6, 6.07) is 7.92. The molecule has 0 amide bonds. The first kappa shape index (κ1) is 19.3. The Kier molecular flexibility index (Phi) is 4.14. The second-order valence-electron chi connectivity index (χ2n) is 7.35. The molecule has 0 saturated heterocycles. The average Bonchev–Trinajstić information content (AvgIpc) is 3.31. The highest BCUT2D eigenvalue weighted by Gasteiger charge is 2.39. The van der Waals surface area contributed by atoms with Gasteiger partial charge in [0, 0.05) is 18.5 Å². The van der Waals surface area contributed by atoms with Crippen molar-refractivity contribution in [3.05, 3.63) is 63.5 Å². The molecule has 10 heteroatoms. The minimum absolute atomic E-state index is 0.0643. The lowest BCUT2D eigenvalue weighted by molar-refractivity contribution is -0.140. The Hall–Kier alpha value is -3.69. The molecule has 0 bridgehead atoms. The summed E-state index contributed by atoms with van der Waals surface area (Å²) in [6.45, 7) is 1.54. The van der Waals surface area contributed by atoms with Crippen LogP contribution < -0.4 is 5.56 Å². The predicted molar refractivity (Wildman–Crippen MR) is 104 cm³/mol. The van der Waals surface area contributed by atoms with Crippen LogP contribution in [-0.4, -0.2) is 25.4 Å². The highest BCUT2D eigenvalue weighted by molar-refractivity contribution is 5.96. The topological polar surface area (TPSA) is 93.3 Å². The van der Waals surface area contributed by atoms with Gasteiger partial charge in [0.25, 0.3) is 5.56 Å². The summed E-state index contributed by atoms with van der Waals surface area (Å²) in [5.41, 5.74) is -1.67. The molecule has 1 aliphatic rings. The van der Waals surface area contributed by atoms with Crippen molar-refractivity contribution in [1.82, 2.24) is 19.6 Å². The number of H-pyrrole nitrogens is 1. The SMILES string of the molecule is Cc1[nH]c2c(-c3ccccc3)c(C(F)(F)F)nn2c(=O)c1-c1nc2c(o1)CCCC2=O. The van der Waals surface area contributed by atoms with Gasteiger partial charge in [-0.15, -0.1) is 0 Å². The summed E-state index contributed by atoms with van der Waals surface area (Å²) in [4.78, 5) is 32.3. The number of hydrogen-bond acceptors (Lipinski definition) is 5. The van der Waals surface area contributed by atoms with E-state index in [2.05, 4.69) is 15.1 Å². The van der Waals surface area contributed by atoms with Gasteiger partial charge in [-0.25, -0.2) is 4.98 Å². The fraction of sp³-hybridized carbons (Fsp3) is 0.238. The number of carbonyl (C=O) groups is 1. The number of rotatable bonds is 2. The molecule has 1 N–H and O–H groups in total. The van der Waals surface area contributed by atoms with Gasteiger partial charge < -0.3 is 9.40 Å². The van der Waals surface area contributed by atoms with Crippen LogP contribution >= 0.6 is 0 Å². The number of aromatic amines is 1. The monoisotopic (exact) mass is 428 g/mol. The van der Waals surface area contributed by atoms with Gasteiger partial charge >= 0.3 is 6.18 Å². The third-order valence-corrected chi connectivity index (χ3v) is 5.29. The van der Waals surface area contributed by atoms with Crippen LogP contribution in [0, 0.1) is 6.92 Å². The van der Waals surface area contributed by atoms with Crippen molar-refractivity contribution < 1.29 is 22.4 Å². The first-order valence-corrected chi connectivity index (χ1v) is 9.57. The number of alkyl halides is 3. The molecule has 0 unspecified atom stereocenters. The van der Waals surface area contributed by atoms with E-state index in [9.17, 15) is 22.8 Å². The van der Waals surface area contributed by atoms with Crippen LogP contribution in [0.3, 0.4) is 0 Å². The fourth-order valence-corrected chi connectivity index (χ4v) is 3.89. The van der Waals surface area contributed by atoms with Crippen LogP contribution in [0.4, 0.5) is 13.2 Å². The maximum Gasteiger partial charge on any atom is 0.435 e. The fourth-order valence-electron chi connectivity index (χ4n) is 3.89. The molecule has 5 rings (SSSR count). The lowest BCUT2D eigenvalue weighted by Gasteiger charge is -2.07. The molecule has 0 saturated carbocycles. The number of oxazole rings is 1. The summed E-state index contributed by atoms with van der Waals surface area (Å²) < 4.78 is 47.6. The summed E-state index contributed by atoms with van der Waals surface area (Å²) in [5, 5.41) is 3.60. The third kappa shape index (κ3) is 2.97. The molecule has 3 aromatic heterocycles. The van der Waals surface area contributed by atoms with Crippen molar-refractivity contribution in [2.45, 2.75) is 32.4 Å². The maximum atomic E-state index is 13.8. The summed E-state index contributed by atoms with van der Waals surface area (Å²) >= 11 is 0. The number of ketones is 1. The van der Waals surface area contributed by atoms with E-state index in [0.29, 0.717) is 29.5 Å². The van der Waals surface area contributed by atoms with Gasteiger partial charge in [-0.3, -0.25) is 9.59 Å². The smallest absolute Gasteiger partial charge is 0.435 e. The van der Waals surface area contributed by atoms with Crippen molar-refractivity contribution >= 4 is 11.4 Å². The molecule has 158 valence electrons. The Morgan fingerprint density at radius 3 is 2.52 bits per heavy atom. The largest absolute Gasteiger partial charge is 0.440 e. The molecule has 31 heavy (non-hydrogen) atoms. The number of fused-ring (bicyclic) bond motifs is 2. The van der Waals surface area contributed by atoms with E-state index in [4.69, 9.17) is 4.42 Å². The quantitative estimate of drug-likeness (QED) is 0.517.